The van der Waals surface area contributed by atoms with Crippen molar-refractivity contribution in [2.45, 2.75) is 19.3 Å². The van der Waals surface area contributed by atoms with Crippen LogP contribution in [0.4, 0.5) is 5.69 Å². The summed E-state index contributed by atoms with van der Waals surface area (Å²) in [5.41, 5.74) is 3.95. The highest BCUT2D eigenvalue weighted by Gasteiger charge is 2.23. The number of nitrogens with zero attached hydrogens (tertiary/aromatic N) is 1. The molecule has 1 aliphatic rings. The Hall–Kier alpha value is -3.08. The Labute approximate surface area is 151 Å². The van der Waals surface area contributed by atoms with E-state index in [-0.39, 0.29) is 18.9 Å². The summed E-state index contributed by atoms with van der Waals surface area (Å²) in [6.45, 7) is 0.436. The zero-order valence-electron chi connectivity index (χ0n) is 14.4. The van der Waals surface area contributed by atoms with E-state index in [0.717, 1.165) is 40.6 Å². The quantitative estimate of drug-likeness (QED) is 0.736. The van der Waals surface area contributed by atoms with Crippen molar-refractivity contribution in [3.8, 4) is 0 Å². The molecule has 5 nitrogen and oxygen atoms in total. The third-order valence-corrected chi connectivity index (χ3v) is 4.78. The molecule has 0 spiro atoms. The molecule has 26 heavy (non-hydrogen) atoms. The molecular formula is C21H20N2O3. The van der Waals surface area contributed by atoms with E-state index in [9.17, 15) is 9.59 Å². The van der Waals surface area contributed by atoms with E-state index in [4.69, 9.17) is 4.74 Å². The number of fused-ring (bicyclic) bond motifs is 2. The van der Waals surface area contributed by atoms with Crippen LogP contribution in [0, 0.1) is 0 Å². The van der Waals surface area contributed by atoms with Gasteiger partial charge in [-0.15, -0.1) is 0 Å². The number of aromatic nitrogens is 1. The zero-order valence-corrected chi connectivity index (χ0v) is 14.4. The topological polar surface area (TPSA) is 62.4 Å². The maximum Gasteiger partial charge on any atom is 0.310 e. The largest absolute Gasteiger partial charge is 0.455 e. The number of carbonyl (C=O) groups is 2. The number of hydrogen-bond acceptors (Lipinski definition) is 3. The van der Waals surface area contributed by atoms with Crippen molar-refractivity contribution < 1.29 is 14.3 Å². The van der Waals surface area contributed by atoms with Crippen molar-refractivity contribution in [2.75, 3.05) is 18.1 Å². The number of nitrogens with one attached hydrogen (secondary N) is 1. The van der Waals surface area contributed by atoms with Gasteiger partial charge in [-0.05, 0) is 36.1 Å². The Kier molecular flexibility index (Phi) is 4.44. The van der Waals surface area contributed by atoms with Crippen molar-refractivity contribution in [2.24, 2.45) is 0 Å². The standard InChI is InChI=1S/C21H20N2O3/c24-20(23-11-5-7-15-6-1-4-10-19(15)23)14-26-21(25)12-16-13-22-18-9-3-2-8-17(16)18/h1-4,6,8-10,13,22H,5,7,11-12,14H2. The molecule has 0 fully saturated rings. The lowest BCUT2D eigenvalue weighted by Crippen LogP contribution is -2.38. The molecule has 2 heterocycles. The van der Waals surface area contributed by atoms with E-state index < -0.39 is 5.97 Å². The van der Waals surface area contributed by atoms with Gasteiger partial charge in [-0.25, -0.2) is 0 Å². The number of carbonyl (C=O) groups excluding carboxylic acids is 2. The molecule has 4 rings (SSSR count). The third kappa shape index (κ3) is 3.20. The van der Waals surface area contributed by atoms with Crippen LogP contribution >= 0.6 is 0 Å². The number of anilines is 1. The summed E-state index contributed by atoms with van der Waals surface area (Å²) in [5.74, 6) is -0.571. The first-order valence-corrected chi connectivity index (χ1v) is 8.81. The molecule has 1 aliphatic heterocycles. The minimum atomic E-state index is -0.395. The molecule has 3 aromatic rings. The van der Waals surface area contributed by atoms with Gasteiger partial charge in [0.1, 0.15) is 0 Å². The first-order valence-electron chi connectivity index (χ1n) is 8.81. The SMILES string of the molecule is O=C(Cc1c[nH]c2ccccc12)OCC(=O)N1CCCc2ccccc21. The maximum absolute atomic E-state index is 12.5. The first-order chi connectivity index (χ1) is 12.7. The molecule has 1 N–H and O–H groups in total. The van der Waals surface area contributed by atoms with Crippen molar-refractivity contribution in [3.05, 3.63) is 65.9 Å². The molecule has 2 aromatic carbocycles. The Morgan fingerprint density at radius 2 is 1.88 bits per heavy atom. The number of amides is 1. The maximum atomic E-state index is 12.5. The lowest BCUT2D eigenvalue weighted by atomic mass is 10.0. The van der Waals surface area contributed by atoms with Gasteiger partial charge >= 0.3 is 5.97 Å². The van der Waals surface area contributed by atoms with Crippen molar-refractivity contribution in [1.29, 1.82) is 0 Å². The lowest BCUT2D eigenvalue weighted by Gasteiger charge is -2.29. The van der Waals surface area contributed by atoms with Gasteiger partial charge in [-0.2, -0.15) is 0 Å². The van der Waals surface area contributed by atoms with E-state index in [1.807, 2.05) is 54.7 Å². The fraction of sp³-hybridized carbons (Fsp3) is 0.238. The van der Waals surface area contributed by atoms with Gasteiger partial charge in [-0.1, -0.05) is 36.4 Å². The highest BCUT2D eigenvalue weighted by Crippen LogP contribution is 2.26. The van der Waals surface area contributed by atoms with Crippen LogP contribution < -0.4 is 4.90 Å². The number of aryl methyl sites for hydroxylation is 1. The molecule has 0 saturated heterocycles. The van der Waals surface area contributed by atoms with E-state index >= 15 is 0 Å². The molecule has 5 heteroatoms. The van der Waals surface area contributed by atoms with Crippen molar-refractivity contribution in [3.63, 3.8) is 0 Å². The second-order valence-electron chi connectivity index (χ2n) is 6.47. The molecule has 0 bridgehead atoms. The third-order valence-electron chi connectivity index (χ3n) is 4.78. The van der Waals surface area contributed by atoms with Gasteiger partial charge in [0, 0.05) is 29.3 Å². The smallest absolute Gasteiger partial charge is 0.310 e. The average molecular weight is 348 g/mol. The average Bonchev–Trinajstić information content (AvgIpc) is 3.08. The summed E-state index contributed by atoms with van der Waals surface area (Å²) < 4.78 is 5.25. The Bertz CT molecular complexity index is 961. The van der Waals surface area contributed by atoms with Crippen LogP contribution in [0.3, 0.4) is 0 Å². The number of benzene rings is 2. The molecule has 0 aliphatic carbocycles. The van der Waals surface area contributed by atoms with E-state index in [0.29, 0.717) is 6.54 Å². The number of esters is 1. The van der Waals surface area contributed by atoms with E-state index in [1.165, 1.54) is 0 Å². The fourth-order valence-corrected chi connectivity index (χ4v) is 3.50. The fourth-order valence-electron chi connectivity index (χ4n) is 3.50. The Morgan fingerprint density at radius 1 is 1.08 bits per heavy atom. The summed E-state index contributed by atoms with van der Waals surface area (Å²) in [6, 6.07) is 15.7. The van der Waals surface area contributed by atoms with Gasteiger partial charge in [0.15, 0.2) is 6.61 Å². The Morgan fingerprint density at radius 3 is 2.81 bits per heavy atom. The van der Waals surface area contributed by atoms with Gasteiger partial charge in [0.2, 0.25) is 0 Å². The van der Waals surface area contributed by atoms with E-state index in [1.54, 1.807) is 4.90 Å². The molecular weight excluding hydrogens is 328 g/mol. The lowest BCUT2D eigenvalue weighted by molar-refractivity contribution is -0.147. The second kappa shape index (κ2) is 7.04. The minimum Gasteiger partial charge on any atom is -0.455 e. The van der Waals surface area contributed by atoms with Crippen LogP contribution in [0.5, 0.6) is 0 Å². The second-order valence-corrected chi connectivity index (χ2v) is 6.47. The van der Waals surface area contributed by atoms with Crippen LogP contribution in [-0.2, 0) is 27.2 Å². The molecule has 0 unspecified atom stereocenters. The van der Waals surface area contributed by atoms with E-state index in [2.05, 4.69) is 4.98 Å². The van der Waals surface area contributed by atoms with Crippen molar-refractivity contribution in [1.82, 2.24) is 4.98 Å². The number of para-hydroxylation sites is 2. The summed E-state index contributed by atoms with van der Waals surface area (Å²) in [6.07, 6.45) is 3.86. The first kappa shape index (κ1) is 16.4. The monoisotopic (exact) mass is 348 g/mol. The molecule has 0 atom stereocenters. The van der Waals surface area contributed by atoms with Gasteiger partial charge < -0.3 is 14.6 Å². The molecule has 1 amide bonds. The minimum absolute atomic E-state index is 0.147. The number of H-pyrrole nitrogens is 1. The highest BCUT2D eigenvalue weighted by atomic mass is 16.5. The number of hydrogen-bond donors (Lipinski definition) is 1. The van der Waals surface area contributed by atoms with Gasteiger partial charge in [0.25, 0.3) is 5.91 Å². The summed E-state index contributed by atoms with van der Waals surface area (Å²) >= 11 is 0. The van der Waals surface area contributed by atoms with Crippen molar-refractivity contribution >= 4 is 28.5 Å². The van der Waals surface area contributed by atoms with Crippen LogP contribution in [0.1, 0.15) is 17.5 Å². The van der Waals surface area contributed by atoms with Crippen LogP contribution in [0.2, 0.25) is 0 Å². The summed E-state index contributed by atoms with van der Waals surface area (Å²) in [5, 5.41) is 1.00. The van der Waals surface area contributed by atoms with Gasteiger partial charge in [-0.3, -0.25) is 9.59 Å². The summed E-state index contributed by atoms with van der Waals surface area (Å²) in [4.78, 5) is 29.6. The van der Waals surface area contributed by atoms with Crippen LogP contribution in [0.25, 0.3) is 10.9 Å². The molecule has 0 saturated carbocycles. The predicted octanol–water partition coefficient (Wildman–Crippen LogP) is 3.23. The molecule has 1 aromatic heterocycles. The normalized spacial score (nSPS) is 13.5. The molecule has 132 valence electrons. The number of aromatic amines is 1. The van der Waals surface area contributed by atoms with Crippen LogP contribution in [-0.4, -0.2) is 30.0 Å². The Balaban J connectivity index is 1.38. The molecule has 0 radical (unpaired) electrons. The zero-order chi connectivity index (χ0) is 17.9. The van der Waals surface area contributed by atoms with Crippen LogP contribution in [0.15, 0.2) is 54.7 Å². The summed E-state index contributed by atoms with van der Waals surface area (Å²) in [7, 11) is 0. The van der Waals surface area contributed by atoms with Gasteiger partial charge in [0.05, 0.1) is 6.42 Å². The number of rotatable bonds is 4. The highest BCUT2D eigenvalue weighted by molar-refractivity contribution is 5.96. The number of ether oxygens (including phenoxy) is 1. The predicted molar refractivity (Wildman–Crippen MR) is 100 cm³/mol.